The van der Waals surface area contributed by atoms with Crippen LogP contribution in [0.4, 0.5) is 5.13 Å². The fraction of sp³-hybridized carbons (Fsp3) is 0.154. The summed E-state index contributed by atoms with van der Waals surface area (Å²) in [6, 6.07) is 20.1. The molecular formula is C26H23N5O2S2. The van der Waals surface area contributed by atoms with Gasteiger partial charge in [0.1, 0.15) is 0 Å². The summed E-state index contributed by atoms with van der Waals surface area (Å²) in [4.78, 5) is 18.2. The molecule has 0 atom stereocenters. The zero-order valence-corrected chi connectivity index (χ0v) is 20.9. The van der Waals surface area contributed by atoms with Crippen LogP contribution in [0.25, 0.3) is 17.3 Å². The first kappa shape index (κ1) is 23.1. The highest BCUT2D eigenvalue weighted by Crippen LogP contribution is 2.29. The van der Waals surface area contributed by atoms with E-state index in [0.29, 0.717) is 21.9 Å². The van der Waals surface area contributed by atoms with Crippen LogP contribution in [0, 0.1) is 13.8 Å². The number of aryl methyl sites for hydroxylation is 2. The summed E-state index contributed by atoms with van der Waals surface area (Å²) in [6.07, 6.45) is 4.21. The Morgan fingerprint density at radius 3 is 2.69 bits per heavy atom. The maximum absolute atomic E-state index is 12.7. The molecule has 2 aromatic carbocycles. The van der Waals surface area contributed by atoms with Gasteiger partial charge in [0.25, 0.3) is 0 Å². The summed E-state index contributed by atoms with van der Waals surface area (Å²) in [5.41, 5.74) is 4.47. The highest BCUT2D eigenvalue weighted by molar-refractivity contribution is 7.99. The molecule has 5 aromatic rings. The molecule has 5 rings (SSSR count). The number of anilines is 1. The minimum Gasteiger partial charge on any atom is -0.461 e. The first-order valence-corrected chi connectivity index (χ1v) is 12.8. The maximum atomic E-state index is 12.7. The van der Waals surface area contributed by atoms with E-state index in [1.165, 1.54) is 34.2 Å². The van der Waals surface area contributed by atoms with Crippen molar-refractivity contribution in [3.8, 4) is 17.3 Å². The number of thioether (sulfide) groups is 1. The number of nitrogens with one attached hydrogen (secondary N) is 1. The molecule has 35 heavy (non-hydrogen) atoms. The standard InChI is InChI=1S/C26H23N5O2S2/c1-17-8-10-19(11-9-17)14-21-15-27-25(35-21)28-23(32)16-34-26-30-29-24(22-7-4-12-33-22)31(26)20-6-3-5-18(2)13-20/h3-13,15H,14,16H2,1-2H3,(H,27,28,32). The average Bonchev–Trinajstić information content (AvgIpc) is 3.60. The van der Waals surface area contributed by atoms with Crippen molar-refractivity contribution in [3.05, 3.63) is 94.7 Å². The molecule has 176 valence electrons. The van der Waals surface area contributed by atoms with Crippen LogP contribution in [-0.2, 0) is 11.2 Å². The second-order valence-corrected chi connectivity index (χ2v) is 10.1. The Bertz CT molecular complexity index is 1440. The van der Waals surface area contributed by atoms with E-state index >= 15 is 0 Å². The third-order valence-corrected chi connectivity index (χ3v) is 7.11. The number of aromatic nitrogens is 4. The lowest BCUT2D eigenvalue weighted by Crippen LogP contribution is -2.14. The Kier molecular flexibility index (Phi) is 6.78. The molecule has 7 nitrogen and oxygen atoms in total. The first-order chi connectivity index (χ1) is 17.0. The first-order valence-electron chi connectivity index (χ1n) is 11.0. The van der Waals surface area contributed by atoms with E-state index in [2.05, 4.69) is 51.7 Å². The van der Waals surface area contributed by atoms with Crippen molar-refractivity contribution in [2.45, 2.75) is 25.4 Å². The molecule has 0 saturated heterocycles. The smallest absolute Gasteiger partial charge is 0.236 e. The van der Waals surface area contributed by atoms with Crippen molar-refractivity contribution in [3.63, 3.8) is 0 Å². The van der Waals surface area contributed by atoms with Crippen LogP contribution in [0.1, 0.15) is 21.6 Å². The predicted molar refractivity (Wildman–Crippen MR) is 139 cm³/mol. The number of hydrogen-bond acceptors (Lipinski definition) is 7. The number of rotatable bonds is 8. The van der Waals surface area contributed by atoms with Crippen molar-refractivity contribution in [1.82, 2.24) is 19.7 Å². The second kappa shape index (κ2) is 10.3. The van der Waals surface area contributed by atoms with Gasteiger partial charge in [0.2, 0.25) is 11.7 Å². The minimum absolute atomic E-state index is 0.149. The predicted octanol–water partition coefficient (Wildman–Crippen LogP) is 5.92. The van der Waals surface area contributed by atoms with Gasteiger partial charge in [0.05, 0.1) is 17.7 Å². The fourth-order valence-corrected chi connectivity index (χ4v) is 5.18. The molecule has 0 saturated carbocycles. The van der Waals surface area contributed by atoms with Gasteiger partial charge in [-0.05, 0) is 49.2 Å². The molecule has 0 unspecified atom stereocenters. The molecule has 0 aliphatic rings. The van der Waals surface area contributed by atoms with E-state index in [1.807, 2.05) is 54.1 Å². The van der Waals surface area contributed by atoms with Gasteiger partial charge >= 0.3 is 0 Å². The largest absolute Gasteiger partial charge is 0.461 e. The normalized spacial score (nSPS) is 11.0. The lowest BCUT2D eigenvalue weighted by Gasteiger charge is -2.10. The van der Waals surface area contributed by atoms with Crippen LogP contribution >= 0.6 is 23.1 Å². The van der Waals surface area contributed by atoms with Crippen molar-refractivity contribution in [1.29, 1.82) is 0 Å². The molecule has 0 bridgehead atoms. The molecule has 3 heterocycles. The Labute approximate surface area is 211 Å². The molecule has 1 N–H and O–H groups in total. The number of carbonyl (C=O) groups is 1. The second-order valence-electron chi connectivity index (χ2n) is 8.09. The lowest BCUT2D eigenvalue weighted by molar-refractivity contribution is -0.113. The lowest BCUT2D eigenvalue weighted by atomic mass is 10.1. The van der Waals surface area contributed by atoms with Crippen molar-refractivity contribution < 1.29 is 9.21 Å². The molecule has 0 aliphatic heterocycles. The number of hydrogen-bond donors (Lipinski definition) is 1. The summed E-state index contributed by atoms with van der Waals surface area (Å²) in [7, 11) is 0. The van der Waals surface area contributed by atoms with E-state index in [4.69, 9.17) is 4.42 Å². The number of furan rings is 1. The van der Waals surface area contributed by atoms with Gasteiger partial charge in [-0.3, -0.25) is 9.36 Å². The Morgan fingerprint density at radius 2 is 1.91 bits per heavy atom. The molecular weight excluding hydrogens is 478 g/mol. The van der Waals surface area contributed by atoms with Crippen LogP contribution in [0.2, 0.25) is 0 Å². The number of amides is 1. The van der Waals surface area contributed by atoms with E-state index in [1.54, 1.807) is 6.26 Å². The molecule has 0 aliphatic carbocycles. The van der Waals surface area contributed by atoms with Gasteiger partial charge in [-0.15, -0.1) is 21.5 Å². The summed E-state index contributed by atoms with van der Waals surface area (Å²) in [6.45, 7) is 4.10. The third kappa shape index (κ3) is 5.52. The average molecular weight is 502 g/mol. The van der Waals surface area contributed by atoms with Crippen LogP contribution in [-0.4, -0.2) is 31.4 Å². The van der Waals surface area contributed by atoms with Gasteiger partial charge < -0.3 is 9.73 Å². The quantitative estimate of drug-likeness (QED) is 0.266. The third-order valence-electron chi connectivity index (χ3n) is 5.27. The van der Waals surface area contributed by atoms with Gasteiger partial charge in [0.15, 0.2) is 16.0 Å². The number of carbonyl (C=O) groups excluding carboxylic acids is 1. The van der Waals surface area contributed by atoms with E-state index in [-0.39, 0.29) is 11.7 Å². The molecule has 0 radical (unpaired) electrons. The topological polar surface area (TPSA) is 85.8 Å². The fourth-order valence-electron chi connectivity index (χ4n) is 3.57. The number of thiazole rings is 1. The zero-order chi connectivity index (χ0) is 24.2. The Balaban J connectivity index is 1.27. The summed E-state index contributed by atoms with van der Waals surface area (Å²) in [5, 5.41) is 12.8. The molecule has 1 amide bonds. The van der Waals surface area contributed by atoms with Crippen LogP contribution in [0.15, 0.2) is 82.7 Å². The Hall–Kier alpha value is -3.69. The molecule has 3 aromatic heterocycles. The monoisotopic (exact) mass is 501 g/mol. The van der Waals surface area contributed by atoms with Crippen LogP contribution in [0.5, 0.6) is 0 Å². The van der Waals surface area contributed by atoms with Crippen molar-refractivity contribution in [2.75, 3.05) is 11.1 Å². The highest BCUT2D eigenvalue weighted by atomic mass is 32.2. The van der Waals surface area contributed by atoms with Crippen molar-refractivity contribution >= 4 is 34.1 Å². The van der Waals surface area contributed by atoms with Gasteiger partial charge in [0, 0.05) is 17.5 Å². The van der Waals surface area contributed by atoms with Gasteiger partial charge in [-0.2, -0.15) is 0 Å². The SMILES string of the molecule is Cc1ccc(Cc2cnc(NC(=O)CSc3nnc(-c4ccco4)n3-c3cccc(C)c3)s2)cc1. The summed E-state index contributed by atoms with van der Waals surface area (Å²) < 4.78 is 7.47. The molecule has 9 heteroatoms. The Morgan fingerprint density at radius 1 is 1.06 bits per heavy atom. The zero-order valence-electron chi connectivity index (χ0n) is 19.3. The molecule has 0 spiro atoms. The highest BCUT2D eigenvalue weighted by Gasteiger charge is 2.19. The maximum Gasteiger partial charge on any atom is 0.236 e. The molecule has 0 fully saturated rings. The van der Waals surface area contributed by atoms with Crippen LogP contribution in [0.3, 0.4) is 0 Å². The number of benzene rings is 2. The van der Waals surface area contributed by atoms with Gasteiger partial charge in [-0.25, -0.2) is 4.98 Å². The van der Waals surface area contributed by atoms with Crippen molar-refractivity contribution in [2.24, 2.45) is 0 Å². The summed E-state index contributed by atoms with van der Waals surface area (Å²) in [5.74, 6) is 1.22. The minimum atomic E-state index is -0.149. The van der Waals surface area contributed by atoms with Crippen LogP contribution < -0.4 is 5.32 Å². The van der Waals surface area contributed by atoms with E-state index in [9.17, 15) is 4.79 Å². The number of nitrogens with zero attached hydrogens (tertiary/aromatic N) is 4. The van der Waals surface area contributed by atoms with Gasteiger partial charge in [-0.1, -0.05) is 53.7 Å². The van der Waals surface area contributed by atoms with E-state index in [0.717, 1.165) is 22.5 Å². The summed E-state index contributed by atoms with van der Waals surface area (Å²) >= 11 is 2.80. The van der Waals surface area contributed by atoms with E-state index < -0.39 is 0 Å².